The molecule has 8 nitrogen and oxygen atoms in total. The fourth-order valence-corrected chi connectivity index (χ4v) is 6.23. The lowest BCUT2D eigenvalue weighted by atomic mass is 10.1. The van der Waals surface area contributed by atoms with Gasteiger partial charge in [-0.1, -0.05) is 11.6 Å². The second kappa shape index (κ2) is 9.65. The van der Waals surface area contributed by atoms with E-state index in [9.17, 15) is 9.59 Å². The first kappa shape index (κ1) is 23.3. The number of rotatable bonds is 6. The van der Waals surface area contributed by atoms with Crippen LogP contribution in [0.1, 0.15) is 43.7 Å². The minimum Gasteiger partial charge on any atom is -0.384 e. The fourth-order valence-electron chi connectivity index (χ4n) is 4.96. The molecule has 0 spiro atoms. The predicted molar refractivity (Wildman–Crippen MR) is 133 cm³/mol. The van der Waals surface area contributed by atoms with Crippen LogP contribution in [0.5, 0.6) is 0 Å². The number of nitrogens with one attached hydrogen (secondary N) is 3. The number of likely N-dealkylation sites (N-methyl/N-ethyl adjacent to an activating group) is 1. The van der Waals surface area contributed by atoms with Crippen molar-refractivity contribution < 1.29 is 14.3 Å². The SMILES string of the molecule is COCC1C[C@@H](NC(=O)c2cc3cc(Cl)ccc3[nH]2)[C@H](NC(=O)c2nc3c(s2)CN(C)CC3)C1. The van der Waals surface area contributed by atoms with Gasteiger partial charge in [-0.15, -0.1) is 11.3 Å². The van der Waals surface area contributed by atoms with E-state index in [4.69, 9.17) is 16.3 Å². The van der Waals surface area contributed by atoms with E-state index in [0.717, 1.165) is 53.8 Å². The molecule has 1 saturated carbocycles. The van der Waals surface area contributed by atoms with Crippen LogP contribution in [0.3, 0.4) is 0 Å². The van der Waals surface area contributed by atoms with Crippen LogP contribution in [0.25, 0.3) is 10.9 Å². The summed E-state index contributed by atoms with van der Waals surface area (Å²) in [6.07, 6.45) is 2.33. The molecule has 2 amide bonds. The number of methoxy groups -OCH3 is 1. The van der Waals surface area contributed by atoms with Crippen LogP contribution >= 0.6 is 22.9 Å². The van der Waals surface area contributed by atoms with Gasteiger partial charge in [-0.2, -0.15) is 0 Å². The number of fused-ring (bicyclic) bond motifs is 2. The Balaban J connectivity index is 1.30. The summed E-state index contributed by atoms with van der Waals surface area (Å²) < 4.78 is 5.36. The minimum atomic E-state index is -0.206. The van der Waals surface area contributed by atoms with E-state index in [2.05, 4.69) is 32.5 Å². The lowest BCUT2D eigenvalue weighted by molar-refractivity contribution is 0.0889. The van der Waals surface area contributed by atoms with Gasteiger partial charge in [-0.3, -0.25) is 9.59 Å². The van der Waals surface area contributed by atoms with Gasteiger partial charge >= 0.3 is 0 Å². The van der Waals surface area contributed by atoms with Crippen LogP contribution in [0.2, 0.25) is 5.02 Å². The third kappa shape index (κ3) is 4.84. The molecule has 3 aromatic rings. The van der Waals surface area contributed by atoms with Crippen LogP contribution < -0.4 is 10.6 Å². The molecule has 1 fully saturated rings. The summed E-state index contributed by atoms with van der Waals surface area (Å²) in [6, 6.07) is 6.86. The molecule has 1 aliphatic heterocycles. The first-order valence-electron chi connectivity index (χ1n) is 11.5. The number of thiazole rings is 1. The smallest absolute Gasteiger partial charge is 0.280 e. The van der Waals surface area contributed by atoms with E-state index in [1.54, 1.807) is 19.2 Å². The Hall–Kier alpha value is -2.46. The zero-order valence-corrected chi connectivity index (χ0v) is 20.8. The van der Waals surface area contributed by atoms with Crippen LogP contribution in [0.15, 0.2) is 24.3 Å². The summed E-state index contributed by atoms with van der Waals surface area (Å²) >= 11 is 7.54. The van der Waals surface area contributed by atoms with Gasteiger partial charge in [0.25, 0.3) is 11.8 Å². The third-order valence-corrected chi connectivity index (χ3v) is 7.96. The van der Waals surface area contributed by atoms with Crippen LogP contribution in [-0.2, 0) is 17.7 Å². The number of benzene rings is 1. The van der Waals surface area contributed by atoms with E-state index in [0.29, 0.717) is 22.3 Å². The van der Waals surface area contributed by atoms with E-state index in [1.807, 2.05) is 12.1 Å². The summed E-state index contributed by atoms with van der Waals surface area (Å²) in [5.41, 5.74) is 2.34. The van der Waals surface area contributed by atoms with E-state index < -0.39 is 0 Å². The molecule has 3 N–H and O–H groups in total. The van der Waals surface area contributed by atoms with Crippen molar-refractivity contribution >= 4 is 45.7 Å². The number of amides is 2. The van der Waals surface area contributed by atoms with E-state index in [-0.39, 0.29) is 29.8 Å². The maximum Gasteiger partial charge on any atom is 0.280 e. The summed E-state index contributed by atoms with van der Waals surface area (Å²) in [7, 11) is 3.75. The standard InChI is InChI=1S/C24H28ClN5O3S/c1-30-6-5-17-21(11-30)34-24(29-17)23(32)28-19-8-13(12-33-2)7-18(19)27-22(31)20-10-14-9-15(25)3-4-16(14)26-20/h3-4,9-10,13,18-19,26H,5-8,11-12H2,1-2H3,(H,27,31)(H,28,32)/t13?,18-,19-/m1/s1. The largest absolute Gasteiger partial charge is 0.384 e. The molecule has 0 saturated heterocycles. The second-order valence-corrected chi connectivity index (χ2v) is 10.8. The van der Waals surface area contributed by atoms with Gasteiger partial charge in [0.05, 0.1) is 5.69 Å². The van der Waals surface area contributed by atoms with Gasteiger partial charge in [0.2, 0.25) is 0 Å². The average molecular weight is 502 g/mol. The van der Waals surface area contributed by atoms with Crippen LogP contribution in [0, 0.1) is 5.92 Å². The molecule has 34 heavy (non-hydrogen) atoms. The van der Waals surface area contributed by atoms with Gasteiger partial charge in [0.1, 0.15) is 5.69 Å². The Kier molecular flexibility index (Phi) is 6.61. The molecule has 2 aromatic heterocycles. The van der Waals surface area contributed by atoms with Gasteiger partial charge < -0.3 is 25.3 Å². The van der Waals surface area contributed by atoms with Crippen molar-refractivity contribution in [3.63, 3.8) is 0 Å². The number of carbonyl (C=O) groups excluding carboxylic acids is 2. The molecule has 0 bridgehead atoms. The van der Waals surface area contributed by atoms with Crippen molar-refractivity contribution in [1.29, 1.82) is 0 Å². The van der Waals surface area contributed by atoms with Gasteiger partial charge in [0, 0.05) is 66.1 Å². The third-order valence-electron chi connectivity index (χ3n) is 6.64. The molecule has 1 aromatic carbocycles. The molecule has 3 atom stereocenters. The molecule has 180 valence electrons. The number of carbonyl (C=O) groups is 2. The van der Waals surface area contributed by atoms with Crippen molar-refractivity contribution in [1.82, 2.24) is 25.5 Å². The summed E-state index contributed by atoms with van der Waals surface area (Å²) in [5.74, 6) is -0.132. The number of H-pyrrole nitrogens is 1. The Bertz CT molecular complexity index is 1220. The van der Waals surface area contributed by atoms with Crippen LogP contribution in [-0.4, -0.2) is 66.1 Å². The highest BCUT2D eigenvalue weighted by molar-refractivity contribution is 7.13. The molecular formula is C24H28ClN5O3S. The number of hydrogen-bond donors (Lipinski definition) is 3. The molecule has 5 rings (SSSR count). The molecule has 10 heteroatoms. The molecule has 0 radical (unpaired) electrons. The Morgan fingerprint density at radius 1 is 1.24 bits per heavy atom. The highest BCUT2D eigenvalue weighted by Crippen LogP contribution is 2.29. The number of halogens is 1. The monoisotopic (exact) mass is 501 g/mol. The van der Waals surface area contributed by atoms with Gasteiger partial charge in [0.15, 0.2) is 5.01 Å². The predicted octanol–water partition coefficient (Wildman–Crippen LogP) is 3.22. The van der Waals surface area contributed by atoms with Crippen molar-refractivity contribution in [2.75, 3.05) is 27.3 Å². The molecule has 3 heterocycles. The number of hydrogen-bond acceptors (Lipinski definition) is 6. The summed E-state index contributed by atoms with van der Waals surface area (Å²) in [4.78, 5) is 37.3. The van der Waals surface area contributed by atoms with Crippen molar-refractivity contribution in [3.8, 4) is 0 Å². The Morgan fingerprint density at radius 2 is 2.00 bits per heavy atom. The number of aromatic amines is 1. The van der Waals surface area contributed by atoms with Gasteiger partial charge in [-0.25, -0.2) is 4.98 Å². The lowest BCUT2D eigenvalue weighted by Crippen LogP contribution is -2.48. The fraction of sp³-hybridized carbons (Fsp3) is 0.458. The van der Waals surface area contributed by atoms with E-state index >= 15 is 0 Å². The van der Waals surface area contributed by atoms with Crippen molar-refractivity contribution in [2.24, 2.45) is 5.92 Å². The Morgan fingerprint density at radius 3 is 2.76 bits per heavy atom. The summed E-state index contributed by atoms with van der Waals surface area (Å²) in [5, 5.41) is 8.26. The zero-order valence-electron chi connectivity index (χ0n) is 19.2. The zero-order chi connectivity index (χ0) is 23.8. The highest BCUT2D eigenvalue weighted by Gasteiger charge is 2.37. The van der Waals surface area contributed by atoms with Gasteiger partial charge in [-0.05, 0) is 50.1 Å². The molecule has 2 aliphatic rings. The number of nitrogens with zero attached hydrogens (tertiary/aromatic N) is 2. The molecule has 1 unspecified atom stereocenters. The lowest BCUT2D eigenvalue weighted by Gasteiger charge is -2.21. The minimum absolute atomic E-state index is 0.176. The normalized spacial score (nSPS) is 22.6. The van der Waals surface area contributed by atoms with Crippen molar-refractivity contribution in [3.05, 3.63) is 50.6 Å². The molecule has 1 aliphatic carbocycles. The summed E-state index contributed by atoms with van der Waals surface area (Å²) in [6.45, 7) is 2.36. The maximum atomic E-state index is 13.1. The number of aromatic nitrogens is 2. The quantitative estimate of drug-likeness (QED) is 0.481. The topological polar surface area (TPSA) is 99.3 Å². The Labute approximate surface area is 207 Å². The van der Waals surface area contributed by atoms with Crippen molar-refractivity contribution in [2.45, 2.75) is 37.9 Å². The van der Waals surface area contributed by atoms with E-state index in [1.165, 1.54) is 11.3 Å². The number of ether oxygens (including phenoxy) is 1. The first-order chi connectivity index (χ1) is 16.4. The maximum absolute atomic E-state index is 13.1. The first-order valence-corrected chi connectivity index (χ1v) is 12.6. The van der Waals surface area contributed by atoms with Crippen LogP contribution in [0.4, 0.5) is 0 Å². The average Bonchev–Trinajstić information content (AvgIpc) is 3.50. The highest BCUT2D eigenvalue weighted by atomic mass is 35.5. The second-order valence-electron chi connectivity index (χ2n) is 9.24. The molecular weight excluding hydrogens is 474 g/mol.